The molecule has 0 bridgehead atoms. The first-order chi connectivity index (χ1) is 14.4. The van der Waals surface area contributed by atoms with Crippen LogP contribution in [0.4, 0.5) is 26.4 Å². The van der Waals surface area contributed by atoms with Crippen molar-refractivity contribution >= 4 is 45.9 Å². The van der Waals surface area contributed by atoms with E-state index in [9.17, 15) is 9.18 Å². The number of hydrogen-bond donors (Lipinski definition) is 1. The number of aryl methyl sites for hydroxylation is 1. The number of anilines is 3. The molecule has 8 nitrogen and oxygen atoms in total. The number of nitrogens with one attached hydrogen (secondary N) is 1. The van der Waals surface area contributed by atoms with Gasteiger partial charge in [0.2, 0.25) is 5.28 Å². The second-order valence-electron chi connectivity index (χ2n) is 6.39. The largest absolute Gasteiger partial charge is 0.419 e. The summed E-state index contributed by atoms with van der Waals surface area (Å²) in [6, 6.07) is 12.8. The molecule has 0 radical (unpaired) electrons. The minimum absolute atomic E-state index is 0.120. The zero-order valence-corrected chi connectivity index (χ0v) is 16.8. The van der Waals surface area contributed by atoms with Crippen LogP contribution in [0.15, 0.2) is 54.7 Å². The number of fused-ring (bicyclic) bond motifs is 1. The molecule has 0 unspecified atom stereocenters. The van der Waals surface area contributed by atoms with Gasteiger partial charge in [0.15, 0.2) is 0 Å². The van der Waals surface area contributed by atoms with Gasteiger partial charge in [-0.15, -0.1) is 0 Å². The number of amides is 1. The molecule has 1 amide bonds. The lowest BCUT2D eigenvalue weighted by Gasteiger charge is -2.18. The van der Waals surface area contributed by atoms with Gasteiger partial charge in [0, 0.05) is 31.7 Å². The smallest absolute Gasteiger partial charge is 0.375 e. The third kappa shape index (κ3) is 4.01. The highest BCUT2D eigenvalue weighted by Crippen LogP contribution is 2.28. The third-order valence-corrected chi connectivity index (χ3v) is 4.62. The fraction of sp³-hybridized carbons (Fsp3) is 0.100. The Hall–Kier alpha value is -3.72. The van der Waals surface area contributed by atoms with Gasteiger partial charge in [-0.2, -0.15) is 4.98 Å². The quantitative estimate of drug-likeness (QED) is 0.482. The van der Waals surface area contributed by atoms with E-state index < -0.39 is 11.9 Å². The molecule has 1 N–H and O–H groups in total. The van der Waals surface area contributed by atoms with Gasteiger partial charge in [-0.3, -0.25) is 9.88 Å². The van der Waals surface area contributed by atoms with Gasteiger partial charge in [-0.1, -0.05) is 0 Å². The van der Waals surface area contributed by atoms with Crippen LogP contribution in [-0.4, -0.2) is 32.7 Å². The van der Waals surface area contributed by atoms with Gasteiger partial charge >= 0.3 is 12.1 Å². The summed E-state index contributed by atoms with van der Waals surface area (Å²) in [5, 5.41) is 2.68. The topological polar surface area (TPSA) is 85.2 Å². The Labute approximate surface area is 175 Å². The monoisotopic (exact) mass is 426 g/mol. The molecule has 2 aromatic heterocycles. The highest BCUT2D eigenvalue weighted by molar-refractivity contribution is 6.28. The Bertz CT molecular complexity index is 1230. The molecular weight excluding hydrogens is 411 g/mol. The van der Waals surface area contributed by atoms with E-state index in [0.29, 0.717) is 17.0 Å². The normalized spacial score (nSPS) is 10.8. The van der Waals surface area contributed by atoms with Crippen molar-refractivity contribution in [2.75, 3.05) is 17.3 Å². The molecular formula is C20H16ClFN6O2. The molecule has 0 aliphatic heterocycles. The Balaban J connectivity index is 1.56. The first-order valence-electron chi connectivity index (χ1n) is 8.84. The minimum Gasteiger partial charge on any atom is -0.375 e. The van der Waals surface area contributed by atoms with Crippen molar-refractivity contribution in [3.63, 3.8) is 0 Å². The number of halogens is 2. The van der Waals surface area contributed by atoms with Crippen LogP contribution < -0.4 is 15.0 Å². The molecule has 0 saturated carbocycles. The molecule has 4 aromatic rings. The van der Waals surface area contributed by atoms with Gasteiger partial charge in [0.1, 0.15) is 11.6 Å². The summed E-state index contributed by atoms with van der Waals surface area (Å²) in [6.45, 7) is 0. The van der Waals surface area contributed by atoms with Crippen LogP contribution in [0.1, 0.15) is 0 Å². The summed E-state index contributed by atoms with van der Waals surface area (Å²) >= 11 is 5.87. The molecule has 2 aromatic carbocycles. The summed E-state index contributed by atoms with van der Waals surface area (Å²) in [7, 11) is 3.58. The van der Waals surface area contributed by atoms with Crippen molar-refractivity contribution in [2.24, 2.45) is 7.05 Å². The van der Waals surface area contributed by atoms with E-state index in [1.54, 1.807) is 23.9 Å². The lowest BCUT2D eigenvalue weighted by Crippen LogP contribution is -2.18. The lowest BCUT2D eigenvalue weighted by molar-refractivity contribution is 0.210. The van der Waals surface area contributed by atoms with Crippen molar-refractivity contribution in [1.29, 1.82) is 0 Å². The number of imidazole rings is 1. The van der Waals surface area contributed by atoms with Crippen LogP contribution >= 0.6 is 11.6 Å². The number of nitrogens with zero attached hydrogens (tertiary/aromatic N) is 5. The van der Waals surface area contributed by atoms with Crippen molar-refractivity contribution in [2.45, 2.75) is 0 Å². The molecule has 0 spiro atoms. The number of aromatic nitrogens is 4. The number of carbonyl (C=O) groups is 1. The van der Waals surface area contributed by atoms with E-state index in [-0.39, 0.29) is 11.3 Å². The predicted octanol–water partition coefficient (Wildman–Crippen LogP) is 4.53. The van der Waals surface area contributed by atoms with E-state index >= 15 is 0 Å². The first-order valence-corrected chi connectivity index (χ1v) is 9.21. The molecule has 0 atom stereocenters. The van der Waals surface area contributed by atoms with E-state index in [0.717, 1.165) is 11.2 Å². The summed E-state index contributed by atoms with van der Waals surface area (Å²) in [4.78, 5) is 26.5. The van der Waals surface area contributed by atoms with Crippen LogP contribution in [0.5, 0.6) is 6.01 Å². The van der Waals surface area contributed by atoms with Crippen LogP contribution in [0.2, 0.25) is 5.28 Å². The molecule has 2 heterocycles. The maximum atomic E-state index is 13.0. The SMILES string of the molecule is CN(c1ccc2c(c1)nc(OC(=O)Nc1ccc(F)cc1)n2C)c1ccnc(Cl)n1. The third-order valence-electron chi connectivity index (χ3n) is 4.44. The molecule has 10 heteroatoms. The lowest BCUT2D eigenvalue weighted by atomic mass is 10.2. The van der Waals surface area contributed by atoms with Crippen molar-refractivity contribution in [3.05, 3.63) is 65.8 Å². The second kappa shape index (κ2) is 7.96. The molecule has 0 aliphatic rings. The summed E-state index contributed by atoms with van der Waals surface area (Å²) in [5.41, 5.74) is 2.63. The average molecular weight is 427 g/mol. The summed E-state index contributed by atoms with van der Waals surface area (Å²) < 4.78 is 20.0. The van der Waals surface area contributed by atoms with Crippen LogP contribution in [0.3, 0.4) is 0 Å². The van der Waals surface area contributed by atoms with E-state index in [4.69, 9.17) is 16.3 Å². The summed E-state index contributed by atoms with van der Waals surface area (Å²) in [5.74, 6) is 0.231. The standard InChI is InChI=1S/C20H16ClFN6O2/c1-27(17-9-10-23-18(21)26-17)14-7-8-16-15(11-14)25-19(28(16)2)30-20(29)24-13-5-3-12(22)4-6-13/h3-11H,1-2H3,(H,24,29). The Morgan fingerprint density at radius 3 is 2.67 bits per heavy atom. The first kappa shape index (κ1) is 19.6. The van der Waals surface area contributed by atoms with Gasteiger partial charge in [-0.25, -0.2) is 19.2 Å². The highest BCUT2D eigenvalue weighted by atomic mass is 35.5. The zero-order chi connectivity index (χ0) is 21.3. The number of benzene rings is 2. The number of carbonyl (C=O) groups excluding carboxylic acids is 1. The van der Waals surface area contributed by atoms with Crippen molar-refractivity contribution in [1.82, 2.24) is 19.5 Å². The zero-order valence-electron chi connectivity index (χ0n) is 16.0. The molecule has 0 saturated heterocycles. The number of hydrogen-bond acceptors (Lipinski definition) is 6. The van der Waals surface area contributed by atoms with Crippen molar-refractivity contribution in [3.8, 4) is 6.01 Å². The van der Waals surface area contributed by atoms with Crippen molar-refractivity contribution < 1.29 is 13.9 Å². The van der Waals surface area contributed by atoms with Gasteiger partial charge in [0.25, 0.3) is 0 Å². The maximum Gasteiger partial charge on any atom is 0.419 e. The minimum atomic E-state index is -0.729. The highest BCUT2D eigenvalue weighted by Gasteiger charge is 2.15. The second-order valence-corrected chi connectivity index (χ2v) is 6.73. The van der Waals surface area contributed by atoms with Gasteiger partial charge in [-0.05, 0) is 60.1 Å². The fourth-order valence-corrected chi connectivity index (χ4v) is 3.01. The van der Waals surface area contributed by atoms with E-state index in [2.05, 4.69) is 20.3 Å². The Morgan fingerprint density at radius 1 is 1.17 bits per heavy atom. The number of ether oxygens (including phenoxy) is 1. The Morgan fingerprint density at radius 2 is 1.93 bits per heavy atom. The predicted molar refractivity (Wildman–Crippen MR) is 112 cm³/mol. The van der Waals surface area contributed by atoms with Crippen LogP contribution in [0, 0.1) is 5.82 Å². The number of rotatable bonds is 4. The molecule has 4 rings (SSSR count). The molecule has 0 aliphatic carbocycles. The van der Waals surface area contributed by atoms with Gasteiger partial charge < -0.3 is 9.64 Å². The van der Waals surface area contributed by atoms with Crippen LogP contribution in [0.25, 0.3) is 11.0 Å². The van der Waals surface area contributed by atoms with Gasteiger partial charge in [0.05, 0.1) is 11.0 Å². The fourth-order valence-electron chi connectivity index (χ4n) is 2.87. The van der Waals surface area contributed by atoms with E-state index in [1.807, 2.05) is 30.1 Å². The molecule has 152 valence electrons. The summed E-state index contributed by atoms with van der Waals surface area (Å²) in [6.07, 6.45) is 0.847. The van der Waals surface area contributed by atoms with Crippen LogP contribution in [-0.2, 0) is 7.05 Å². The Kier molecular flexibility index (Phi) is 5.20. The average Bonchev–Trinajstić information content (AvgIpc) is 3.03. The molecule has 0 fully saturated rings. The maximum absolute atomic E-state index is 13.0. The van der Waals surface area contributed by atoms with E-state index in [1.165, 1.54) is 24.3 Å². The molecule has 30 heavy (non-hydrogen) atoms.